The minimum absolute atomic E-state index is 0.776. The van der Waals surface area contributed by atoms with Gasteiger partial charge in [-0.3, -0.25) is 0 Å². The Labute approximate surface area is 119 Å². The molecule has 4 heteroatoms. The molecule has 2 nitrogen and oxygen atoms in total. The van der Waals surface area contributed by atoms with Gasteiger partial charge in [0.25, 0.3) is 0 Å². The van der Waals surface area contributed by atoms with Gasteiger partial charge in [0, 0.05) is 4.47 Å². The molecular formula is C13H17Br2NO. The summed E-state index contributed by atoms with van der Waals surface area (Å²) < 4.78 is 7.87. The van der Waals surface area contributed by atoms with Crippen LogP contribution in [0.15, 0.2) is 27.1 Å². The molecule has 0 saturated carbocycles. The molecule has 1 N–H and O–H groups in total. The summed E-state index contributed by atoms with van der Waals surface area (Å²) in [6.45, 7) is 3.12. The van der Waals surface area contributed by atoms with Crippen LogP contribution in [-0.4, -0.2) is 19.7 Å². The van der Waals surface area contributed by atoms with Gasteiger partial charge in [0.1, 0.15) is 5.75 Å². The molecule has 1 aliphatic rings. The molecule has 94 valence electrons. The highest BCUT2D eigenvalue weighted by Crippen LogP contribution is 2.28. The van der Waals surface area contributed by atoms with Crippen molar-refractivity contribution >= 4 is 31.9 Å². The van der Waals surface area contributed by atoms with Crippen LogP contribution in [0.5, 0.6) is 5.75 Å². The first-order chi connectivity index (χ1) is 8.25. The summed E-state index contributed by atoms with van der Waals surface area (Å²) in [7, 11) is 0. The fourth-order valence-corrected chi connectivity index (χ4v) is 3.26. The Morgan fingerprint density at radius 1 is 1.35 bits per heavy atom. The van der Waals surface area contributed by atoms with Crippen molar-refractivity contribution in [2.45, 2.75) is 19.3 Å². The van der Waals surface area contributed by atoms with E-state index in [1.165, 1.54) is 19.4 Å². The molecule has 0 aromatic heterocycles. The smallest absolute Gasteiger partial charge is 0.133 e. The average molecular weight is 363 g/mol. The van der Waals surface area contributed by atoms with Gasteiger partial charge in [-0.15, -0.1) is 0 Å². The summed E-state index contributed by atoms with van der Waals surface area (Å²) in [4.78, 5) is 0. The second-order valence-electron chi connectivity index (χ2n) is 4.42. The van der Waals surface area contributed by atoms with Crippen LogP contribution in [-0.2, 0) is 0 Å². The summed E-state index contributed by atoms with van der Waals surface area (Å²) in [5.41, 5.74) is 0. The summed E-state index contributed by atoms with van der Waals surface area (Å²) in [5, 5.41) is 3.43. The monoisotopic (exact) mass is 361 g/mol. The Morgan fingerprint density at radius 2 is 2.24 bits per heavy atom. The molecule has 1 saturated heterocycles. The molecular weight excluding hydrogens is 346 g/mol. The Bertz CT molecular complexity index is 364. The van der Waals surface area contributed by atoms with Crippen LogP contribution in [0.3, 0.4) is 0 Å². The van der Waals surface area contributed by atoms with Crippen molar-refractivity contribution in [3.63, 3.8) is 0 Å². The highest BCUT2D eigenvalue weighted by atomic mass is 79.9. The Kier molecular flexibility index (Phi) is 5.32. The lowest BCUT2D eigenvalue weighted by molar-refractivity contribution is 0.253. The molecule has 1 aliphatic heterocycles. The normalized spacial score (nSPS) is 20.2. The van der Waals surface area contributed by atoms with Gasteiger partial charge in [-0.1, -0.05) is 15.9 Å². The van der Waals surface area contributed by atoms with Gasteiger partial charge in [0.15, 0.2) is 0 Å². The number of rotatable bonds is 4. The van der Waals surface area contributed by atoms with Crippen LogP contribution in [0, 0.1) is 5.92 Å². The third-order valence-corrected chi connectivity index (χ3v) is 4.19. The molecule has 1 aromatic rings. The maximum Gasteiger partial charge on any atom is 0.133 e. The second kappa shape index (κ2) is 6.76. The van der Waals surface area contributed by atoms with Gasteiger partial charge in [0.05, 0.1) is 11.1 Å². The molecule has 0 bridgehead atoms. The lowest BCUT2D eigenvalue weighted by atomic mass is 9.97. The largest absolute Gasteiger partial charge is 0.492 e. The Morgan fingerprint density at radius 3 is 2.94 bits per heavy atom. The van der Waals surface area contributed by atoms with Crippen LogP contribution in [0.2, 0.25) is 0 Å². The third kappa shape index (κ3) is 4.27. The van der Waals surface area contributed by atoms with Gasteiger partial charge in [-0.2, -0.15) is 0 Å². The third-order valence-electron chi connectivity index (χ3n) is 3.08. The molecule has 1 aromatic carbocycles. The van der Waals surface area contributed by atoms with Crippen molar-refractivity contribution in [1.29, 1.82) is 0 Å². The fourth-order valence-electron chi connectivity index (χ4n) is 2.10. The molecule has 1 unspecified atom stereocenters. The standard InChI is InChI=1S/C13H17Br2NO/c14-11-3-4-13(12(15)8-11)17-7-5-10-2-1-6-16-9-10/h3-4,8,10,16H,1-2,5-7,9H2. The highest BCUT2D eigenvalue weighted by molar-refractivity contribution is 9.11. The summed E-state index contributed by atoms with van der Waals surface area (Å²) in [5.74, 6) is 1.70. The van der Waals surface area contributed by atoms with Crippen LogP contribution in [0.25, 0.3) is 0 Å². The second-order valence-corrected chi connectivity index (χ2v) is 6.19. The average Bonchev–Trinajstić information content (AvgIpc) is 2.33. The van der Waals surface area contributed by atoms with Crippen molar-refractivity contribution in [3.8, 4) is 5.75 Å². The van der Waals surface area contributed by atoms with Crippen molar-refractivity contribution in [2.24, 2.45) is 5.92 Å². The van der Waals surface area contributed by atoms with E-state index in [-0.39, 0.29) is 0 Å². The van der Waals surface area contributed by atoms with Gasteiger partial charge in [-0.05, 0) is 72.4 Å². The zero-order chi connectivity index (χ0) is 12.1. The van der Waals surface area contributed by atoms with E-state index in [1.807, 2.05) is 18.2 Å². The molecule has 0 aliphatic carbocycles. The first-order valence-corrected chi connectivity index (χ1v) is 7.63. The maximum absolute atomic E-state index is 5.80. The Balaban J connectivity index is 1.77. The first-order valence-electron chi connectivity index (χ1n) is 6.04. The van der Waals surface area contributed by atoms with E-state index < -0.39 is 0 Å². The van der Waals surface area contributed by atoms with Gasteiger partial charge < -0.3 is 10.1 Å². The zero-order valence-corrected chi connectivity index (χ0v) is 12.9. The fraction of sp³-hybridized carbons (Fsp3) is 0.538. The van der Waals surface area contributed by atoms with Crippen LogP contribution < -0.4 is 10.1 Å². The number of piperidine rings is 1. The van der Waals surface area contributed by atoms with E-state index in [0.29, 0.717) is 0 Å². The van der Waals surface area contributed by atoms with E-state index in [9.17, 15) is 0 Å². The number of hydrogen-bond acceptors (Lipinski definition) is 2. The molecule has 0 amide bonds. The van der Waals surface area contributed by atoms with Crippen LogP contribution >= 0.6 is 31.9 Å². The van der Waals surface area contributed by atoms with Gasteiger partial charge in [0.2, 0.25) is 0 Å². The summed E-state index contributed by atoms with van der Waals surface area (Å²) in [6.07, 6.45) is 3.76. The maximum atomic E-state index is 5.80. The van der Waals surface area contributed by atoms with Gasteiger partial charge >= 0.3 is 0 Å². The molecule has 1 heterocycles. The predicted octanol–water partition coefficient (Wildman–Crippen LogP) is 3.98. The van der Waals surface area contributed by atoms with E-state index in [4.69, 9.17) is 4.74 Å². The van der Waals surface area contributed by atoms with Crippen molar-refractivity contribution in [1.82, 2.24) is 5.32 Å². The minimum Gasteiger partial charge on any atom is -0.492 e. The lowest BCUT2D eigenvalue weighted by Crippen LogP contribution is -2.30. The van der Waals surface area contributed by atoms with Crippen LogP contribution in [0.4, 0.5) is 0 Å². The minimum atomic E-state index is 0.776. The summed E-state index contributed by atoms with van der Waals surface area (Å²) >= 11 is 6.94. The van der Waals surface area contributed by atoms with Crippen LogP contribution in [0.1, 0.15) is 19.3 Å². The number of hydrogen-bond donors (Lipinski definition) is 1. The molecule has 1 atom stereocenters. The number of halogens is 2. The van der Waals surface area contributed by atoms with E-state index in [1.54, 1.807) is 0 Å². The predicted molar refractivity (Wildman–Crippen MR) is 77.5 cm³/mol. The topological polar surface area (TPSA) is 21.3 Å². The van der Waals surface area contributed by atoms with Crippen molar-refractivity contribution in [3.05, 3.63) is 27.1 Å². The Hall–Kier alpha value is -0.0600. The first kappa shape index (κ1) is 13.4. The molecule has 0 radical (unpaired) electrons. The van der Waals surface area contributed by atoms with Gasteiger partial charge in [-0.25, -0.2) is 0 Å². The number of ether oxygens (including phenoxy) is 1. The van der Waals surface area contributed by atoms with E-state index in [2.05, 4.69) is 37.2 Å². The van der Waals surface area contributed by atoms with Crippen molar-refractivity contribution in [2.75, 3.05) is 19.7 Å². The van der Waals surface area contributed by atoms with E-state index in [0.717, 1.165) is 40.2 Å². The van der Waals surface area contributed by atoms with Crippen molar-refractivity contribution < 1.29 is 4.74 Å². The molecule has 2 rings (SSSR count). The number of nitrogens with one attached hydrogen (secondary N) is 1. The number of benzene rings is 1. The quantitative estimate of drug-likeness (QED) is 0.874. The highest BCUT2D eigenvalue weighted by Gasteiger charge is 2.12. The zero-order valence-electron chi connectivity index (χ0n) is 9.72. The molecule has 1 fully saturated rings. The molecule has 0 spiro atoms. The lowest BCUT2D eigenvalue weighted by Gasteiger charge is -2.22. The SMILES string of the molecule is Brc1ccc(OCCC2CCCNC2)c(Br)c1. The molecule has 17 heavy (non-hydrogen) atoms. The van der Waals surface area contributed by atoms with E-state index >= 15 is 0 Å². The summed E-state index contributed by atoms with van der Waals surface area (Å²) in [6, 6.07) is 6.01.